The molecular formula is C52H64N4O10. The summed E-state index contributed by atoms with van der Waals surface area (Å²) >= 11 is 0. The number of rotatable bonds is 22. The molecule has 2 aliphatic carbocycles. The molecule has 0 saturated carbocycles. The fraction of sp³-hybridized carbons (Fsp3) is 0.423. The monoisotopic (exact) mass is 904 g/mol. The number of carbonyl (C=O) groups is 6. The van der Waals surface area contributed by atoms with Crippen molar-refractivity contribution in [1.82, 2.24) is 20.4 Å². The van der Waals surface area contributed by atoms with Crippen molar-refractivity contribution < 1.29 is 48.5 Å². The van der Waals surface area contributed by atoms with Crippen LogP contribution in [-0.2, 0) is 76.8 Å². The Morgan fingerprint density at radius 1 is 0.530 bits per heavy atom. The molecule has 14 nitrogen and oxygen atoms in total. The van der Waals surface area contributed by atoms with E-state index in [1.54, 1.807) is 27.7 Å². The van der Waals surface area contributed by atoms with Crippen LogP contribution in [-0.4, -0.2) is 118 Å². The van der Waals surface area contributed by atoms with Crippen molar-refractivity contribution in [3.63, 3.8) is 0 Å². The second-order valence-electron chi connectivity index (χ2n) is 16.8. The van der Waals surface area contributed by atoms with E-state index in [0.29, 0.717) is 51.4 Å². The molecule has 0 radical (unpaired) electrons. The number of fused-ring (bicyclic) bond motifs is 2. The van der Waals surface area contributed by atoms with Crippen LogP contribution in [0.15, 0.2) is 109 Å². The summed E-state index contributed by atoms with van der Waals surface area (Å²) in [6.45, 7) is 6.57. The van der Waals surface area contributed by atoms with E-state index in [1.807, 2.05) is 109 Å². The Morgan fingerprint density at radius 2 is 0.833 bits per heavy atom. The Morgan fingerprint density at radius 3 is 1.12 bits per heavy atom. The Balaban J connectivity index is 0.000000247. The Labute approximate surface area is 387 Å². The zero-order valence-corrected chi connectivity index (χ0v) is 38.4. The lowest BCUT2D eigenvalue weighted by Crippen LogP contribution is -2.54. The SMILES string of the molecule is CCOC(=O)[C@H](CCc1ccccc1)N[C@@H](C)C(=O)N(CC(=O)O)C1Cc2ccccc2C1.CCOC(=O)[C@H](CCc1ccccc1)N[C@@H](C)C(=O)N(CC(=O)O)C1Cc2ccccc2C1. The molecule has 0 spiro atoms. The van der Waals surface area contributed by atoms with E-state index in [0.717, 1.165) is 33.4 Å². The first-order valence-electron chi connectivity index (χ1n) is 22.9. The molecule has 4 N–H and O–H groups in total. The highest BCUT2D eigenvalue weighted by molar-refractivity contribution is 5.87. The molecule has 2 amide bonds. The van der Waals surface area contributed by atoms with Crippen LogP contribution in [0.5, 0.6) is 0 Å². The van der Waals surface area contributed by atoms with E-state index in [2.05, 4.69) is 10.6 Å². The number of benzene rings is 4. The molecule has 2 aliphatic rings. The van der Waals surface area contributed by atoms with Gasteiger partial charge in [0.05, 0.1) is 25.3 Å². The van der Waals surface area contributed by atoms with Crippen molar-refractivity contribution in [2.45, 2.75) is 115 Å². The largest absolute Gasteiger partial charge is 0.480 e. The second-order valence-corrected chi connectivity index (χ2v) is 16.8. The molecule has 4 aromatic carbocycles. The van der Waals surface area contributed by atoms with E-state index >= 15 is 0 Å². The summed E-state index contributed by atoms with van der Waals surface area (Å²) in [6, 6.07) is 32.2. The second kappa shape index (κ2) is 25.4. The van der Waals surface area contributed by atoms with Gasteiger partial charge in [-0.15, -0.1) is 0 Å². The van der Waals surface area contributed by atoms with Gasteiger partial charge >= 0.3 is 23.9 Å². The maximum absolute atomic E-state index is 13.4. The van der Waals surface area contributed by atoms with Gasteiger partial charge in [0.1, 0.15) is 25.2 Å². The summed E-state index contributed by atoms with van der Waals surface area (Å²) in [5.74, 6) is -3.60. The molecule has 6 rings (SSSR count). The molecule has 0 fully saturated rings. The highest BCUT2D eigenvalue weighted by Gasteiger charge is 2.36. The molecule has 0 unspecified atom stereocenters. The number of aliphatic carboxylic acids is 2. The molecule has 0 saturated heterocycles. The minimum absolute atomic E-state index is 0.222. The molecule has 66 heavy (non-hydrogen) atoms. The summed E-state index contributed by atoms with van der Waals surface area (Å²) in [5.41, 5.74) is 6.72. The van der Waals surface area contributed by atoms with Crippen LogP contribution < -0.4 is 10.6 Å². The fourth-order valence-corrected chi connectivity index (χ4v) is 8.76. The number of aryl methyl sites for hydroxylation is 2. The third-order valence-electron chi connectivity index (χ3n) is 12.0. The van der Waals surface area contributed by atoms with Gasteiger partial charge in [-0.05, 0) is 112 Å². The number of carbonyl (C=O) groups excluding carboxylic acids is 4. The molecule has 0 aliphatic heterocycles. The van der Waals surface area contributed by atoms with E-state index in [-0.39, 0.29) is 50.2 Å². The normalized spacial score (nSPS) is 14.8. The smallest absolute Gasteiger partial charge is 0.323 e. The van der Waals surface area contributed by atoms with Gasteiger partial charge < -0.3 is 29.5 Å². The van der Waals surface area contributed by atoms with Crippen molar-refractivity contribution >= 4 is 35.7 Å². The van der Waals surface area contributed by atoms with Crippen LogP contribution in [0.1, 0.15) is 73.9 Å². The zero-order chi connectivity index (χ0) is 47.6. The van der Waals surface area contributed by atoms with Crippen LogP contribution in [0.4, 0.5) is 0 Å². The first-order chi connectivity index (χ1) is 31.8. The lowest BCUT2D eigenvalue weighted by atomic mass is 10.0. The van der Waals surface area contributed by atoms with Crippen molar-refractivity contribution in [1.29, 1.82) is 0 Å². The van der Waals surface area contributed by atoms with Gasteiger partial charge in [-0.25, -0.2) is 0 Å². The van der Waals surface area contributed by atoms with E-state index < -0.39 is 48.0 Å². The number of hydrogen-bond acceptors (Lipinski definition) is 10. The molecule has 0 heterocycles. The number of nitrogens with one attached hydrogen (secondary N) is 2. The number of hydrogen-bond donors (Lipinski definition) is 4. The van der Waals surface area contributed by atoms with Crippen LogP contribution >= 0.6 is 0 Å². The minimum atomic E-state index is -1.06. The topological polar surface area (TPSA) is 192 Å². The van der Waals surface area contributed by atoms with Crippen LogP contribution in [0.2, 0.25) is 0 Å². The summed E-state index contributed by atoms with van der Waals surface area (Å²) in [5, 5.41) is 25.1. The Bertz CT molecular complexity index is 2030. The average Bonchev–Trinajstić information content (AvgIpc) is 3.95. The number of ether oxygens (including phenoxy) is 2. The van der Waals surface area contributed by atoms with Gasteiger partial charge in [0.2, 0.25) is 11.8 Å². The predicted octanol–water partition coefficient (Wildman–Crippen LogP) is 5.22. The fourth-order valence-electron chi connectivity index (χ4n) is 8.76. The van der Waals surface area contributed by atoms with Gasteiger partial charge in [-0.3, -0.25) is 39.4 Å². The molecule has 4 atom stereocenters. The zero-order valence-electron chi connectivity index (χ0n) is 38.4. The average molecular weight is 905 g/mol. The maximum atomic E-state index is 13.4. The van der Waals surface area contributed by atoms with Crippen LogP contribution in [0.25, 0.3) is 0 Å². The Kier molecular flexibility index (Phi) is 19.4. The van der Waals surface area contributed by atoms with Crippen molar-refractivity contribution in [3.05, 3.63) is 143 Å². The lowest BCUT2D eigenvalue weighted by molar-refractivity contribution is -0.149. The highest BCUT2D eigenvalue weighted by atomic mass is 16.5. The third-order valence-corrected chi connectivity index (χ3v) is 12.0. The molecular weight excluding hydrogens is 841 g/mol. The van der Waals surface area contributed by atoms with Crippen LogP contribution in [0, 0.1) is 0 Å². The van der Waals surface area contributed by atoms with Gasteiger partial charge in [0.15, 0.2) is 0 Å². The number of nitrogens with zero attached hydrogens (tertiary/aromatic N) is 2. The molecule has 4 aromatic rings. The van der Waals surface area contributed by atoms with Gasteiger partial charge in [0, 0.05) is 12.1 Å². The first kappa shape index (κ1) is 50.6. The summed E-state index contributed by atoms with van der Waals surface area (Å²) in [6.07, 6.45) is 4.72. The van der Waals surface area contributed by atoms with E-state index in [9.17, 15) is 39.0 Å². The van der Waals surface area contributed by atoms with Crippen LogP contribution in [0.3, 0.4) is 0 Å². The van der Waals surface area contributed by atoms with Gasteiger partial charge in [-0.1, -0.05) is 109 Å². The summed E-state index contributed by atoms with van der Waals surface area (Å²) in [4.78, 5) is 77.8. The highest BCUT2D eigenvalue weighted by Crippen LogP contribution is 2.27. The molecule has 352 valence electrons. The Hall–Kier alpha value is -6.38. The standard InChI is InChI=1S/2C26H32N2O5/c2*1-3-33-26(32)23(14-13-19-9-5-4-6-10-19)27-18(2)25(31)28(17-24(29)30)22-15-20-11-7-8-12-21(20)16-22/h2*4-12,18,22-23,27H,3,13-17H2,1-2H3,(H,29,30)/t2*18-,23-/m00/s1. The molecule has 0 aromatic heterocycles. The van der Waals surface area contributed by atoms with Crippen molar-refractivity contribution in [3.8, 4) is 0 Å². The first-order valence-corrected chi connectivity index (χ1v) is 22.9. The lowest BCUT2D eigenvalue weighted by Gasteiger charge is -2.31. The van der Waals surface area contributed by atoms with Gasteiger partial charge in [0.25, 0.3) is 0 Å². The quantitative estimate of drug-likeness (QED) is 0.0754. The number of amides is 2. The van der Waals surface area contributed by atoms with E-state index in [4.69, 9.17) is 9.47 Å². The number of carboxylic acids is 2. The summed E-state index contributed by atoms with van der Waals surface area (Å²) < 4.78 is 10.4. The van der Waals surface area contributed by atoms with E-state index in [1.165, 1.54) is 9.80 Å². The van der Waals surface area contributed by atoms with Crippen molar-refractivity contribution in [2.24, 2.45) is 0 Å². The number of esters is 2. The molecule has 0 bridgehead atoms. The summed E-state index contributed by atoms with van der Waals surface area (Å²) in [7, 11) is 0. The molecule has 14 heteroatoms. The minimum Gasteiger partial charge on any atom is -0.480 e. The maximum Gasteiger partial charge on any atom is 0.323 e. The van der Waals surface area contributed by atoms with Crippen molar-refractivity contribution in [2.75, 3.05) is 26.3 Å². The third kappa shape index (κ3) is 14.8. The predicted molar refractivity (Wildman–Crippen MR) is 250 cm³/mol. The van der Waals surface area contributed by atoms with Gasteiger partial charge in [-0.2, -0.15) is 0 Å². The number of carboxylic acid groups (broad SMARTS) is 2.